The van der Waals surface area contributed by atoms with Crippen molar-refractivity contribution in [2.24, 2.45) is 5.92 Å². The number of piperidine rings is 1. The molecule has 0 bridgehead atoms. The van der Waals surface area contributed by atoms with Gasteiger partial charge in [0.1, 0.15) is 0 Å². The summed E-state index contributed by atoms with van der Waals surface area (Å²) in [7, 11) is 2.14. The van der Waals surface area contributed by atoms with Crippen molar-refractivity contribution in [2.45, 2.75) is 45.2 Å². The molecule has 1 N–H and O–H groups in total. The number of nitrogens with zero attached hydrogens (tertiary/aromatic N) is 2. The summed E-state index contributed by atoms with van der Waals surface area (Å²) in [5, 5.41) is 3.40. The number of carbonyl (C=O) groups is 1. The van der Waals surface area contributed by atoms with Crippen LogP contribution in [0.15, 0.2) is 0 Å². The van der Waals surface area contributed by atoms with Gasteiger partial charge in [0, 0.05) is 25.2 Å². The van der Waals surface area contributed by atoms with Gasteiger partial charge >= 0.3 is 0 Å². The monoisotopic (exact) mass is 253 g/mol. The summed E-state index contributed by atoms with van der Waals surface area (Å²) in [6, 6.07) is 0.0398. The summed E-state index contributed by atoms with van der Waals surface area (Å²) in [6.45, 7) is 10.3. The van der Waals surface area contributed by atoms with Crippen LogP contribution in [0.2, 0.25) is 0 Å². The number of hydrogen-bond acceptors (Lipinski definition) is 3. The number of nitrogens with one attached hydrogen (secondary N) is 1. The van der Waals surface area contributed by atoms with Gasteiger partial charge in [-0.05, 0) is 46.2 Å². The van der Waals surface area contributed by atoms with Gasteiger partial charge in [-0.3, -0.25) is 9.69 Å². The Hall–Kier alpha value is -0.610. The van der Waals surface area contributed by atoms with Crippen molar-refractivity contribution >= 4 is 5.91 Å². The maximum atomic E-state index is 12.6. The summed E-state index contributed by atoms with van der Waals surface area (Å²) in [4.78, 5) is 17.0. The first-order chi connectivity index (χ1) is 8.42. The Labute approximate surface area is 111 Å². The third kappa shape index (κ3) is 2.69. The summed E-state index contributed by atoms with van der Waals surface area (Å²) in [5.74, 6) is 0.775. The first-order valence-corrected chi connectivity index (χ1v) is 7.15. The molecular formula is C14H27N3O. The van der Waals surface area contributed by atoms with Crippen LogP contribution in [0, 0.1) is 5.92 Å². The van der Waals surface area contributed by atoms with Crippen LogP contribution in [0.3, 0.4) is 0 Å². The molecule has 4 heteroatoms. The van der Waals surface area contributed by atoms with Crippen molar-refractivity contribution in [1.82, 2.24) is 15.1 Å². The molecule has 0 aliphatic carbocycles. The van der Waals surface area contributed by atoms with E-state index in [-0.39, 0.29) is 11.6 Å². The Morgan fingerprint density at radius 1 is 1.33 bits per heavy atom. The molecule has 2 atom stereocenters. The van der Waals surface area contributed by atoms with Crippen LogP contribution in [0.5, 0.6) is 0 Å². The summed E-state index contributed by atoms with van der Waals surface area (Å²) in [5.41, 5.74) is 0.0891. The van der Waals surface area contributed by atoms with Gasteiger partial charge in [0.15, 0.2) is 0 Å². The maximum absolute atomic E-state index is 12.6. The zero-order valence-corrected chi connectivity index (χ0v) is 12.2. The molecule has 104 valence electrons. The first kappa shape index (κ1) is 13.8. The van der Waals surface area contributed by atoms with Gasteiger partial charge in [0.2, 0.25) is 5.91 Å². The number of carbonyl (C=O) groups excluding carboxylic acids is 1. The molecule has 0 aromatic rings. The van der Waals surface area contributed by atoms with E-state index in [2.05, 4.69) is 42.9 Å². The van der Waals surface area contributed by atoms with E-state index in [1.807, 2.05) is 0 Å². The van der Waals surface area contributed by atoms with Gasteiger partial charge < -0.3 is 10.2 Å². The Morgan fingerprint density at radius 2 is 2.06 bits per heavy atom. The molecule has 2 aliphatic rings. The zero-order chi connectivity index (χ0) is 13.3. The molecule has 0 saturated carbocycles. The lowest BCUT2D eigenvalue weighted by Gasteiger charge is -2.46. The largest absolute Gasteiger partial charge is 0.338 e. The lowest BCUT2D eigenvalue weighted by atomic mass is 9.90. The summed E-state index contributed by atoms with van der Waals surface area (Å²) >= 11 is 0. The third-order valence-electron chi connectivity index (χ3n) is 4.66. The van der Waals surface area contributed by atoms with E-state index in [4.69, 9.17) is 0 Å². The normalized spacial score (nSPS) is 33.4. The molecule has 1 amide bonds. The Balaban J connectivity index is 2.01. The van der Waals surface area contributed by atoms with E-state index in [1.165, 1.54) is 12.8 Å². The van der Waals surface area contributed by atoms with Crippen molar-refractivity contribution in [1.29, 1.82) is 0 Å². The van der Waals surface area contributed by atoms with Gasteiger partial charge in [-0.25, -0.2) is 0 Å². The molecule has 2 fully saturated rings. The molecule has 2 heterocycles. The van der Waals surface area contributed by atoms with Gasteiger partial charge in [0.25, 0.3) is 0 Å². The van der Waals surface area contributed by atoms with Gasteiger partial charge in [-0.15, -0.1) is 0 Å². The number of amides is 1. The van der Waals surface area contributed by atoms with Gasteiger partial charge in [-0.2, -0.15) is 0 Å². The van der Waals surface area contributed by atoms with E-state index in [0.29, 0.717) is 11.8 Å². The highest BCUT2D eigenvalue weighted by molar-refractivity contribution is 5.82. The molecule has 0 spiro atoms. The molecule has 0 aromatic carbocycles. The van der Waals surface area contributed by atoms with Gasteiger partial charge in [-0.1, -0.05) is 6.92 Å². The molecule has 0 radical (unpaired) electrons. The molecule has 2 rings (SSSR count). The van der Waals surface area contributed by atoms with E-state index in [9.17, 15) is 4.79 Å². The summed E-state index contributed by atoms with van der Waals surface area (Å²) < 4.78 is 0. The molecular weight excluding hydrogens is 226 g/mol. The predicted octanol–water partition coefficient (Wildman–Crippen LogP) is 0.927. The minimum absolute atomic E-state index is 0.0398. The minimum atomic E-state index is 0.0398. The summed E-state index contributed by atoms with van der Waals surface area (Å²) in [6.07, 6.45) is 2.36. The fourth-order valence-corrected chi connectivity index (χ4v) is 3.01. The number of likely N-dealkylation sites (N-methyl/N-ethyl adjacent to an activating group) is 1. The number of piperazine rings is 1. The van der Waals surface area contributed by atoms with Crippen molar-refractivity contribution in [3.8, 4) is 0 Å². The Kier molecular flexibility index (Phi) is 3.97. The van der Waals surface area contributed by atoms with Crippen molar-refractivity contribution in [3.05, 3.63) is 0 Å². The van der Waals surface area contributed by atoms with Crippen molar-refractivity contribution in [2.75, 3.05) is 33.2 Å². The smallest absolute Gasteiger partial charge is 0.240 e. The van der Waals surface area contributed by atoms with E-state index >= 15 is 0 Å². The average Bonchev–Trinajstić information content (AvgIpc) is 2.32. The van der Waals surface area contributed by atoms with Crippen LogP contribution >= 0.6 is 0 Å². The second-order valence-electron chi connectivity index (χ2n) is 6.55. The van der Waals surface area contributed by atoms with E-state index in [1.54, 1.807) is 0 Å². The fourth-order valence-electron chi connectivity index (χ4n) is 3.01. The quantitative estimate of drug-likeness (QED) is 0.755. The topological polar surface area (TPSA) is 35.6 Å². The number of hydrogen-bond donors (Lipinski definition) is 1. The van der Waals surface area contributed by atoms with Gasteiger partial charge in [0.05, 0.1) is 6.04 Å². The van der Waals surface area contributed by atoms with Crippen LogP contribution in [-0.4, -0.2) is 60.5 Å². The molecule has 2 saturated heterocycles. The van der Waals surface area contributed by atoms with Crippen molar-refractivity contribution < 1.29 is 4.79 Å². The number of rotatable bonds is 1. The zero-order valence-electron chi connectivity index (χ0n) is 12.2. The Morgan fingerprint density at radius 3 is 2.67 bits per heavy atom. The molecule has 18 heavy (non-hydrogen) atoms. The highest BCUT2D eigenvalue weighted by atomic mass is 16.2. The fraction of sp³-hybridized carbons (Fsp3) is 0.929. The van der Waals surface area contributed by atoms with Crippen LogP contribution in [-0.2, 0) is 4.79 Å². The third-order valence-corrected chi connectivity index (χ3v) is 4.66. The predicted molar refractivity (Wildman–Crippen MR) is 73.5 cm³/mol. The second-order valence-corrected chi connectivity index (χ2v) is 6.55. The van der Waals surface area contributed by atoms with E-state index < -0.39 is 0 Å². The average molecular weight is 253 g/mol. The molecule has 4 nitrogen and oxygen atoms in total. The highest BCUT2D eigenvalue weighted by Gasteiger charge is 2.37. The molecule has 2 unspecified atom stereocenters. The van der Waals surface area contributed by atoms with Crippen LogP contribution < -0.4 is 5.32 Å². The van der Waals surface area contributed by atoms with Crippen LogP contribution in [0.25, 0.3) is 0 Å². The molecule has 2 aliphatic heterocycles. The molecule has 0 aromatic heterocycles. The van der Waals surface area contributed by atoms with E-state index in [0.717, 1.165) is 26.2 Å². The standard InChI is InChI=1S/C14H27N3O/c1-11-6-5-7-15-12(11)13(18)17-9-8-16(4)14(2,3)10-17/h11-12,15H,5-10H2,1-4H3. The maximum Gasteiger partial charge on any atom is 0.240 e. The first-order valence-electron chi connectivity index (χ1n) is 7.15. The minimum Gasteiger partial charge on any atom is -0.338 e. The van der Waals surface area contributed by atoms with Crippen LogP contribution in [0.1, 0.15) is 33.6 Å². The highest BCUT2D eigenvalue weighted by Crippen LogP contribution is 2.22. The SMILES string of the molecule is CC1CCCNC1C(=O)N1CCN(C)C(C)(C)C1. The lowest BCUT2D eigenvalue weighted by Crippen LogP contribution is -2.62. The Bertz CT molecular complexity index is 316. The second kappa shape index (κ2) is 5.17. The van der Waals surface area contributed by atoms with Crippen molar-refractivity contribution in [3.63, 3.8) is 0 Å². The lowest BCUT2D eigenvalue weighted by molar-refractivity contribution is -0.139. The van der Waals surface area contributed by atoms with Crippen LogP contribution in [0.4, 0.5) is 0 Å².